The molecular weight excluding hydrogens is 358 g/mol. The molecule has 8 heteroatoms. The van der Waals surface area contributed by atoms with Crippen LogP contribution in [0.3, 0.4) is 0 Å². The zero-order valence-electron chi connectivity index (χ0n) is 17.7. The second-order valence-electron chi connectivity index (χ2n) is 8.33. The minimum Gasteiger partial charge on any atom is -0.346 e. The smallest absolute Gasteiger partial charge is 0.241 e. The molecule has 2 saturated heterocycles. The van der Waals surface area contributed by atoms with Gasteiger partial charge in [-0.05, 0) is 31.2 Å². The first kappa shape index (κ1) is 22.6. The summed E-state index contributed by atoms with van der Waals surface area (Å²) in [4.78, 5) is 42.9. The van der Waals surface area contributed by atoms with Gasteiger partial charge in [0, 0.05) is 45.7 Å². The summed E-state index contributed by atoms with van der Waals surface area (Å²) in [6.45, 7) is 11.8. The van der Waals surface area contributed by atoms with Crippen LogP contribution in [0.15, 0.2) is 0 Å². The Hall–Kier alpha value is -1.67. The fourth-order valence-corrected chi connectivity index (χ4v) is 3.77. The third kappa shape index (κ3) is 6.44. The fraction of sp³-hybridized carbons (Fsp3) is 0.850. The molecule has 8 nitrogen and oxygen atoms in total. The Morgan fingerprint density at radius 1 is 0.964 bits per heavy atom. The van der Waals surface area contributed by atoms with Crippen molar-refractivity contribution in [1.82, 2.24) is 20.0 Å². The monoisotopic (exact) mass is 395 g/mol. The number of rotatable bonds is 7. The number of nitrogens with zero attached hydrogens (tertiary/aromatic N) is 3. The number of amides is 3. The zero-order valence-corrected chi connectivity index (χ0v) is 17.7. The molecule has 0 aliphatic carbocycles. The summed E-state index contributed by atoms with van der Waals surface area (Å²) in [5.74, 6) is 0.255. The Morgan fingerprint density at radius 2 is 1.54 bits per heavy atom. The Bertz CT molecular complexity index is 538. The number of likely N-dealkylation sites (N-methyl/N-ethyl adjacent to an activating group) is 1. The van der Waals surface area contributed by atoms with E-state index >= 15 is 0 Å². The number of carbonyl (C=O) groups is 3. The Labute approximate surface area is 168 Å². The van der Waals surface area contributed by atoms with Crippen molar-refractivity contribution in [3.8, 4) is 0 Å². The lowest BCUT2D eigenvalue weighted by molar-refractivity contribution is -0.136. The maximum absolute atomic E-state index is 12.5. The highest BCUT2D eigenvalue weighted by Gasteiger charge is 2.28. The topological polar surface area (TPSA) is 99.0 Å². The second kappa shape index (κ2) is 10.8. The van der Waals surface area contributed by atoms with E-state index in [-0.39, 0.29) is 30.2 Å². The van der Waals surface area contributed by atoms with E-state index in [2.05, 4.69) is 17.1 Å². The van der Waals surface area contributed by atoms with Crippen LogP contribution in [0.2, 0.25) is 0 Å². The van der Waals surface area contributed by atoms with Gasteiger partial charge in [0.25, 0.3) is 0 Å². The number of hydrogen-bond acceptors (Lipinski definition) is 5. The van der Waals surface area contributed by atoms with Gasteiger partial charge in [-0.3, -0.25) is 14.4 Å². The van der Waals surface area contributed by atoms with Crippen LogP contribution < -0.4 is 11.1 Å². The Morgan fingerprint density at radius 3 is 2.07 bits per heavy atom. The van der Waals surface area contributed by atoms with Crippen molar-refractivity contribution in [2.75, 3.05) is 52.4 Å². The first-order chi connectivity index (χ1) is 13.3. The fourth-order valence-electron chi connectivity index (χ4n) is 3.77. The number of nitrogens with one attached hydrogen (secondary N) is 1. The maximum Gasteiger partial charge on any atom is 0.241 e. The van der Waals surface area contributed by atoms with Crippen molar-refractivity contribution >= 4 is 17.7 Å². The van der Waals surface area contributed by atoms with Crippen molar-refractivity contribution in [2.24, 2.45) is 17.6 Å². The van der Waals surface area contributed by atoms with Crippen LogP contribution in [0.4, 0.5) is 0 Å². The molecule has 160 valence electrons. The lowest BCUT2D eigenvalue weighted by atomic mass is 9.92. The van der Waals surface area contributed by atoms with Crippen molar-refractivity contribution < 1.29 is 14.4 Å². The van der Waals surface area contributed by atoms with E-state index in [9.17, 15) is 14.4 Å². The molecule has 0 aromatic carbocycles. The molecule has 0 unspecified atom stereocenters. The third-order valence-electron chi connectivity index (χ3n) is 6.04. The van der Waals surface area contributed by atoms with Crippen LogP contribution in [-0.2, 0) is 14.4 Å². The standard InChI is InChI=1S/C20H37N5O3/c1-4-23-9-11-25(12-10-23)17(26)13-16-5-7-24(8-6-16)18(27)14-22-20(28)19(21)15(2)3/h15-16,19H,4-14,21H2,1-3H3,(H,22,28)/t19-/m0/s1. The lowest BCUT2D eigenvalue weighted by Gasteiger charge is -2.36. The molecule has 0 saturated carbocycles. The molecule has 2 heterocycles. The molecule has 0 spiro atoms. The SMILES string of the molecule is CCN1CCN(C(=O)CC2CCN(C(=O)CNC(=O)[C@@H](N)C(C)C)CC2)CC1. The zero-order chi connectivity index (χ0) is 20.7. The van der Waals surface area contributed by atoms with E-state index in [1.165, 1.54) is 0 Å². The van der Waals surface area contributed by atoms with E-state index in [4.69, 9.17) is 5.73 Å². The predicted molar refractivity (Wildman–Crippen MR) is 108 cm³/mol. The summed E-state index contributed by atoms with van der Waals surface area (Å²) in [5.41, 5.74) is 5.79. The first-order valence-corrected chi connectivity index (χ1v) is 10.6. The van der Waals surface area contributed by atoms with Gasteiger partial charge in [-0.25, -0.2) is 0 Å². The highest BCUT2D eigenvalue weighted by atomic mass is 16.2. The second-order valence-corrected chi connectivity index (χ2v) is 8.33. The van der Waals surface area contributed by atoms with Gasteiger partial charge >= 0.3 is 0 Å². The van der Waals surface area contributed by atoms with Crippen LogP contribution in [0.5, 0.6) is 0 Å². The normalized spacial score (nSPS) is 20.3. The van der Waals surface area contributed by atoms with Gasteiger partial charge in [0.05, 0.1) is 12.6 Å². The van der Waals surface area contributed by atoms with Gasteiger partial charge in [0.15, 0.2) is 0 Å². The van der Waals surface area contributed by atoms with Crippen LogP contribution in [0.25, 0.3) is 0 Å². The third-order valence-corrected chi connectivity index (χ3v) is 6.04. The van der Waals surface area contributed by atoms with E-state index in [0.717, 1.165) is 45.6 Å². The molecular formula is C20H37N5O3. The quantitative estimate of drug-likeness (QED) is 0.626. The molecule has 0 aromatic heterocycles. The Balaban J connectivity index is 1.67. The summed E-state index contributed by atoms with van der Waals surface area (Å²) in [6.07, 6.45) is 2.26. The largest absolute Gasteiger partial charge is 0.346 e. The number of piperazine rings is 1. The summed E-state index contributed by atoms with van der Waals surface area (Å²) in [7, 11) is 0. The molecule has 28 heavy (non-hydrogen) atoms. The molecule has 3 N–H and O–H groups in total. The predicted octanol–water partition coefficient (Wildman–Crippen LogP) is -0.121. The molecule has 0 radical (unpaired) electrons. The number of hydrogen-bond donors (Lipinski definition) is 2. The van der Waals surface area contributed by atoms with Gasteiger partial charge in [-0.15, -0.1) is 0 Å². The molecule has 0 bridgehead atoms. The van der Waals surface area contributed by atoms with Crippen molar-refractivity contribution in [3.05, 3.63) is 0 Å². The molecule has 3 amide bonds. The summed E-state index contributed by atoms with van der Waals surface area (Å²) in [6, 6.07) is -0.594. The molecule has 2 aliphatic heterocycles. The van der Waals surface area contributed by atoms with Gasteiger partial charge in [-0.1, -0.05) is 20.8 Å². The van der Waals surface area contributed by atoms with Crippen molar-refractivity contribution in [2.45, 2.75) is 46.1 Å². The molecule has 2 fully saturated rings. The summed E-state index contributed by atoms with van der Waals surface area (Å²) >= 11 is 0. The Kier molecular flexibility index (Phi) is 8.69. The van der Waals surface area contributed by atoms with Crippen LogP contribution in [0, 0.1) is 11.8 Å². The highest BCUT2D eigenvalue weighted by molar-refractivity contribution is 5.87. The minimum atomic E-state index is -0.594. The van der Waals surface area contributed by atoms with Crippen LogP contribution in [-0.4, -0.2) is 90.8 Å². The molecule has 2 aliphatic rings. The number of nitrogens with two attached hydrogens (primary N) is 1. The minimum absolute atomic E-state index is 0.00937. The van der Waals surface area contributed by atoms with E-state index in [0.29, 0.717) is 25.4 Å². The number of likely N-dealkylation sites (tertiary alicyclic amines) is 1. The average Bonchev–Trinajstić information content (AvgIpc) is 2.71. The van der Waals surface area contributed by atoms with Crippen molar-refractivity contribution in [3.63, 3.8) is 0 Å². The van der Waals surface area contributed by atoms with Gasteiger partial charge in [0.1, 0.15) is 0 Å². The first-order valence-electron chi connectivity index (χ1n) is 10.6. The average molecular weight is 396 g/mol. The van der Waals surface area contributed by atoms with Gasteiger partial charge in [0.2, 0.25) is 17.7 Å². The summed E-state index contributed by atoms with van der Waals surface area (Å²) in [5, 5.41) is 2.64. The van der Waals surface area contributed by atoms with Gasteiger partial charge < -0.3 is 25.8 Å². The number of piperidine rings is 1. The highest BCUT2D eigenvalue weighted by Crippen LogP contribution is 2.22. The van der Waals surface area contributed by atoms with Crippen molar-refractivity contribution in [1.29, 1.82) is 0 Å². The maximum atomic E-state index is 12.5. The molecule has 2 rings (SSSR count). The van der Waals surface area contributed by atoms with E-state index in [1.807, 2.05) is 18.7 Å². The van der Waals surface area contributed by atoms with Gasteiger partial charge in [-0.2, -0.15) is 0 Å². The van der Waals surface area contributed by atoms with E-state index in [1.54, 1.807) is 4.90 Å². The number of carbonyl (C=O) groups excluding carboxylic acids is 3. The van der Waals surface area contributed by atoms with E-state index < -0.39 is 6.04 Å². The molecule has 0 aromatic rings. The molecule has 1 atom stereocenters. The lowest BCUT2D eigenvalue weighted by Crippen LogP contribution is -2.50. The van der Waals surface area contributed by atoms with Crippen LogP contribution in [0.1, 0.15) is 40.0 Å². The summed E-state index contributed by atoms with van der Waals surface area (Å²) < 4.78 is 0. The van der Waals surface area contributed by atoms with Crippen LogP contribution >= 0.6 is 0 Å².